The first-order chi connectivity index (χ1) is 9.23. The number of alkyl halides is 3. The molecule has 1 aliphatic heterocycles. The topological polar surface area (TPSA) is 29.3 Å². The Morgan fingerprint density at radius 2 is 1.75 bits per heavy atom. The van der Waals surface area contributed by atoms with Crippen LogP contribution in [-0.2, 0) is 6.18 Å². The Labute approximate surface area is 117 Å². The lowest BCUT2D eigenvalue weighted by atomic mass is 9.87. The highest BCUT2D eigenvalue weighted by Gasteiger charge is 2.37. The molecular formula is C15H21F3N2. The van der Waals surface area contributed by atoms with Crippen LogP contribution in [0.4, 0.5) is 13.2 Å². The molecular weight excluding hydrogens is 265 g/mol. The minimum Gasteiger partial charge on any atom is -0.322 e. The van der Waals surface area contributed by atoms with E-state index in [0.29, 0.717) is 5.56 Å². The highest BCUT2D eigenvalue weighted by molar-refractivity contribution is 5.29. The van der Waals surface area contributed by atoms with Gasteiger partial charge in [0.1, 0.15) is 0 Å². The lowest BCUT2D eigenvalue weighted by Crippen LogP contribution is -2.49. The van der Waals surface area contributed by atoms with E-state index in [1.165, 1.54) is 12.1 Å². The van der Waals surface area contributed by atoms with E-state index in [4.69, 9.17) is 5.73 Å². The van der Waals surface area contributed by atoms with E-state index in [1.54, 1.807) is 6.07 Å². The van der Waals surface area contributed by atoms with Gasteiger partial charge in [-0.2, -0.15) is 13.2 Å². The van der Waals surface area contributed by atoms with E-state index in [1.807, 2.05) is 13.8 Å². The molecule has 1 heterocycles. The maximum Gasteiger partial charge on any atom is 0.416 e. The highest BCUT2D eigenvalue weighted by atomic mass is 19.4. The van der Waals surface area contributed by atoms with Crippen LogP contribution in [-0.4, -0.2) is 23.5 Å². The molecule has 2 nitrogen and oxygen atoms in total. The molecule has 1 fully saturated rings. The monoisotopic (exact) mass is 286 g/mol. The Hall–Kier alpha value is -1.07. The third-order valence-electron chi connectivity index (χ3n) is 4.26. The van der Waals surface area contributed by atoms with Crippen molar-refractivity contribution in [2.75, 3.05) is 13.1 Å². The first-order valence-corrected chi connectivity index (χ1v) is 6.91. The zero-order valence-corrected chi connectivity index (χ0v) is 11.9. The van der Waals surface area contributed by atoms with Crippen molar-refractivity contribution in [3.8, 4) is 0 Å². The van der Waals surface area contributed by atoms with Gasteiger partial charge in [-0.05, 0) is 57.5 Å². The third kappa shape index (κ3) is 2.99. The van der Waals surface area contributed by atoms with Gasteiger partial charge in [0.2, 0.25) is 0 Å². The number of benzene rings is 1. The van der Waals surface area contributed by atoms with Crippen molar-refractivity contribution in [3.63, 3.8) is 0 Å². The van der Waals surface area contributed by atoms with Gasteiger partial charge in [0.05, 0.1) is 5.56 Å². The van der Waals surface area contributed by atoms with Gasteiger partial charge in [-0.15, -0.1) is 0 Å². The Morgan fingerprint density at radius 3 is 2.30 bits per heavy atom. The van der Waals surface area contributed by atoms with Gasteiger partial charge in [0.15, 0.2) is 0 Å². The second-order valence-electron chi connectivity index (χ2n) is 5.95. The van der Waals surface area contributed by atoms with Crippen molar-refractivity contribution < 1.29 is 13.2 Å². The zero-order chi connectivity index (χ0) is 15.0. The number of hydrogen-bond donors (Lipinski definition) is 1. The molecule has 1 aromatic carbocycles. The van der Waals surface area contributed by atoms with Crippen LogP contribution in [0.15, 0.2) is 24.3 Å². The van der Waals surface area contributed by atoms with E-state index in [-0.39, 0.29) is 5.54 Å². The summed E-state index contributed by atoms with van der Waals surface area (Å²) in [5, 5.41) is 0. The second kappa shape index (κ2) is 5.37. The quantitative estimate of drug-likeness (QED) is 0.920. The summed E-state index contributed by atoms with van der Waals surface area (Å²) < 4.78 is 38.3. The summed E-state index contributed by atoms with van der Waals surface area (Å²) in [7, 11) is 0. The molecule has 2 rings (SSSR count). The number of nitrogens with two attached hydrogens (primary N) is 1. The molecule has 20 heavy (non-hydrogen) atoms. The van der Waals surface area contributed by atoms with Gasteiger partial charge in [0, 0.05) is 11.6 Å². The molecule has 0 spiro atoms. The average Bonchev–Trinajstić information content (AvgIpc) is 2.91. The Bertz CT molecular complexity index is 462. The van der Waals surface area contributed by atoms with Crippen LogP contribution in [0.2, 0.25) is 0 Å². The highest BCUT2D eigenvalue weighted by Crippen LogP contribution is 2.35. The van der Waals surface area contributed by atoms with Gasteiger partial charge >= 0.3 is 6.18 Å². The molecule has 0 bridgehead atoms. The summed E-state index contributed by atoms with van der Waals surface area (Å²) in [5.41, 5.74) is 5.81. The minimum absolute atomic E-state index is 0.347. The maximum absolute atomic E-state index is 12.8. The molecule has 1 unspecified atom stereocenters. The molecule has 1 atom stereocenters. The molecule has 0 saturated carbocycles. The third-order valence-corrected chi connectivity index (χ3v) is 4.26. The molecule has 0 radical (unpaired) electrons. The van der Waals surface area contributed by atoms with Crippen LogP contribution in [0, 0.1) is 0 Å². The average molecular weight is 286 g/mol. The van der Waals surface area contributed by atoms with Crippen LogP contribution in [0.3, 0.4) is 0 Å². The van der Waals surface area contributed by atoms with Crippen molar-refractivity contribution >= 4 is 0 Å². The van der Waals surface area contributed by atoms with E-state index in [0.717, 1.165) is 32.0 Å². The Balaban J connectivity index is 2.26. The Kier molecular flexibility index (Phi) is 4.12. The molecule has 1 saturated heterocycles. The summed E-state index contributed by atoms with van der Waals surface area (Å²) in [6.45, 7) is 5.92. The second-order valence-corrected chi connectivity index (χ2v) is 5.95. The van der Waals surface area contributed by atoms with Crippen LogP contribution in [0.5, 0.6) is 0 Å². The predicted molar refractivity (Wildman–Crippen MR) is 73.3 cm³/mol. The number of likely N-dealkylation sites (tertiary alicyclic amines) is 1. The molecule has 0 amide bonds. The zero-order valence-electron chi connectivity index (χ0n) is 11.9. The number of nitrogens with zero attached hydrogens (tertiary/aromatic N) is 1. The van der Waals surface area contributed by atoms with E-state index in [2.05, 4.69) is 4.90 Å². The largest absolute Gasteiger partial charge is 0.416 e. The fourth-order valence-electron chi connectivity index (χ4n) is 2.81. The lowest BCUT2D eigenvalue weighted by Gasteiger charge is -2.40. The predicted octanol–water partition coefficient (Wildman–Crippen LogP) is 3.58. The molecule has 1 aromatic rings. The number of hydrogen-bond acceptors (Lipinski definition) is 2. The first-order valence-electron chi connectivity index (χ1n) is 6.91. The standard InChI is InChI=1S/C15H21F3N2/c1-14(2,20-8-3-4-9-20)13(19)11-6-5-7-12(10-11)15(16,17)18/h5-7,10,13H,3-4,8-9,19H2,1-2H3. The molecule has 5 heteroatoms. The van der Waals surface area contributed by atoms with E-state index < -0.39 is 17.8 Å². The summed E-state index contributed by atoms with van der Waals surface area (Å²) in [5.74, 6) is 0. The summed E-state index contributed by atoms with van der Waals surface area (Å²) in [6.07, 6.45) is -2.08. The Morgan fingerprint density at radius 1 is 1.15 bits per heavy atom. The molecule has 1 aliphatic rings. The van der Waals surface area contributed by atoms with Crippen LogP contribution in [0.25, 0.3) is 0 Å². The molecule has 2 N–H and O–H groups in total. The lowest BCUT2D eigenvalue weighted by molar-refractivity contribution is -0.137. The maximum atomic E-state index is 12.8. The van der Waals surface area contributed by atoms with Crippen molar-refractivity contribution in [2.24, 2.45) is 5.73 Å². The van der Waals surface area contributed by atoms with Gasteiger partial charge < -0.3 is 5.73 Å². The summed E-state index contributed by atoms with van der Waals surface area (Å²) >= 11 is 0. The molecule has 0 aromatic heterocycles. The summed E-state index contributed by atoms with van der Waals surface area (Å²) in [6, 6.07) is 4.92. The SMILES string of the molecule is CC(C)(C(N)c1cccc(C(F)(F)F)c1)N1CCCC1. The fraction of sp³-hybridized carbons (Fsp3) is 0.600. The fourth-order valence-corrected chi connectivity index (χ4v) is 2.81. The smallest absolute Gasteiger partial charge is 0.322 e. The van der Waals surface area contributed by atoms with Crippen molar-refractivity contribution in [2.45, 2.75) is 44.4 Å². The van der Waals surface area contributed by atoms with Gasteiger partial charge in [-0.3, -0.25) is 4.90 Å². The van der Waals surface area contributed by atoms with Crippen LogP contribution >= 0.6 is 0 Å². The van der Waals surface area contributed by atoms with Crippen molar-refractivity contribution in [1.82, 2.24) is 4.90 Å². The molecule has 0 aliphatic carbocycles. The van der Waals surface area contributed by atoms with Gasteiger partial charge in [-0.25, -0.2) is 0 Å². The van der Waals surface area contributed by atoms with Gasteiger partial charge in [-0.1, -0.05) is 12.1 Å². The van der Waals surface area contributed by atoms with E-state index in [9.17, 15) is 13.2 Å². The minimum atomic E-state index is -4.33. The van der Waals surface area contributed by atoms with Crippen LogP contribution in [0.1, 0.15) is 43.9 Å². The number of halogens is 3. The normalized spacial score (nSPS) is 19.3. The van der Waals surface area contributed by atoms with E-state index >= 15 is 0 Å². The van der Waals surface area contributed by atoms with Crippen molar-refractivity contribution in [1.29, 1.82) is 0 Å². The summed E-state index contributed by atoms with van der Waals surface area (Å²) in [4.78, 5) is 2.26. The van der Waals surface area contributed by atoms with Crippen LogP contribution < -0.4 is 5.73 Å². The van der Waals surface area contributed by atoms with Gasteiger partial charge in [0.25, 0.3) is 0 Å². The number of rotatable bonds is 3. The first kappa shape index (κ1) is 15.3. The van der Waals surface area contributed by atoms with Crippen molar-refractivity contribution in [3.05, 3.63) is 35.4 Å². The molecule has 112 valence electrons.